The average Bonchev–Trinajstić information content (AvgIpc) is 2.87. The number of aromatic nitrogens is 1. The summed E-state index contributed by atoms with van der Waals surface area (Å²) in [6.07, 6.45) is 3.85. The van der Waals surface area contributed by atoms with Crippen LogP contribution in [0.25, 0.3) is 10.9 Å². The summed E-state index contributed by atoms with van der Waals surface area (Å²) in [4.78, 5) is 33.0. The Morgan fingerprint density at radius 3 is 2.57 bits per heavy atom. The lowest BCUT2D eigenvalue weighted by Gasteiger charge is -2.47. The van der Waals surface area contributed by atoms with Crippen molar-refractivity contribution in [3.8, 4) is 5.75 Å². The molecule has 3 atom stereocenters. The number of fused-ring (bicyclic) bond motifs is 1. The van der Waals surface area contributed by atoms with E-state index in [2.05, 4.69) is 21.3 Å². The van der Waals surface area contributed by atoms with Crippen LogP contribution in [0.3, 0.4) is 0 Å². The van der Waals surface area contributed by atoms with Crippen molar-refractivity contribution in [1.29, 1.82) is 0 Å². The number of likely N-dealkylation sites (tertiary alicyclic amines) is 1. The molecule has 2 aromatic carbocycles. The van der Waals surface area contributed by atoms with Crippen LogP contribution in [-0.4, -0.2) is 53.5 Å². The molecule has 3 unspecified atom stereocenters. The summed E-state index contributed by atoms with van der Waals surface area (Å²) in [6, 6.07) is 17.2. The van der Waals surface area contributed by atoms with E-state index in [1.165, 1.54) is 0 Å². The van der Waals surface area contributed by atoms with E-state index in [9.17, 15) is 9.59 Å². The maximum absolute atomic E-state index is 13.3. The standard InChI is InChI=1S/C30H35N3O4/c1-3-36-30(35)25-9-6-11-27(33-16-7-17-33)28(25)32-29(34)21-12-14-23(15-13-21)37-19-22-18-20(2)31-26-10-5-4-8-24(22)26/h4-5,8,10,12-15,18,25,27-28H,3,6-7,9,11,16-17,19H2,1-2H3,(H,32,34). The number of benzene rings is 2. The molecule has 0 spiro atoms. The molecular formula is C30H35N3O4. The monoisotopic (exact) mass is 501 g/mol. The van der Waals surface area contributed by atoms with Gasteiger partial charge in [0, 0.05) is 28.2 Å². The van der Waals surface area contributed by atoms with Crippen molar-refractivity contribution in [2.24, 2.45) is 5.92 Å². The largest absolute Gasteiger partial charge is 0.489 e. The number of carbonyl (C=O) groups is 2. The molecule has 7 nitrogen and oxygen atoms in total. The minimum absolute atomic E-state index is 0.169. The van der Waals surface area contributed by atoms with Gasteiger partial charge in [0.25, 0.3) is 5.91 Å². The number of amides is 1. The van der Waals surface area contributed by atoms with Gasteiger partial charge in [-0.05, 0) is 82.6 Å². The molecule has 2 aliphatic rings. The Balaban J connectivity index is 1.26. The molecule has 1 N–H and O–H groups in total. The molecule has 37 heavy (non-hydrogen) atoms. The number of nitrogens with one attached hydrogen (secondary N) is 1. The number of nitrogens with zero attached hydrogens (tertiary/aromatic N) is 2. The Kier molecular flexibility index (Phi) is 7.70. The molecule has 0 radical (unpaired) electrons. The molecule has 7 heteroatoms. The zero-order valence-electron chi connectivity index (χ0n) is 21.6. The molecule has 1 saturated heterocycles. The number of rotatable bonds is 8. The Morgan fingerprint density at radius 2 is 1.84 bits per heavy atom. The lowest BCUT2D eigenvalue weighted by atomic mass is 9.79. The summed E-state index contributed by atoms with van der Waals surface area (Å²) in [5.41, 5.74) is 3.52. The smallest absolute Gasteiger partial charge is 0.311 e. The van der Waals surface area contributed by atoms with Crippen LogP contribution in [0.4, 0.5) is 0 Å². The van der Waals surface area contributed by atoms with Crippen LogP contribution in [-0.2, 0) is 16.1 Å². The molecule has 5 rings (SSSR count). The zero-order chi connectivity index (χ0) is 25.8. The van der Waals surface area contributed by atoms with E-state index in [1.54, 1.807) is 12.1 Å². The predicted octanol–water partition coefficient (Wildman–Crippen LogP) is 4.66. The van der Waals surface area contributed by atoms with Crippen molar-refractivity contribution in [1.82, 2.24) is 15.2 Å². The van der Waals surface area contributed by atoms with E-state index in [4.69, 9.17) is 9.47 Å². The van der Waals surface area contributed by atoms with Gasteiger partial charge in [0.2, 0.25) is 0 Å². The minimum Gasteiger partial charge on any atom is -0.489 e. The number of para-hydroxylation sites is 1. The Bertz CT molecular complexity index is 1260. The van der Waals surface area contributed by atoms with Gasteiger partial charge in [-0.15, -0.1) is 0 Å². The molecule has 1 amide bonds. The van der Waals surface area contributed by atoms with Crippen LogP contribution in [0.5, 0.6) is 5.75 Å². The van der Waals surface area contributed by atoms with Gasteiger partial charge in [-0.1, -0.05) is 24.6 Å². The summed E-state index contributed by atoms with van der Waals surface area (Å²) in [5.74, 6) is -0.00483. The number of ether oxygens (including phenoxy) is 2. The molecule has 194 valence electrons. The molecule has 1 aliphatic carbocycles. The van der Waals surface area contributed by atoms with Gasteiger partial charge in [0.05, 0.1) is 24.1 Å². The third-order valence-corrected chi connectivity index (χ3v) is 7.55. The Morgan fingerprint density at radius 1 is 1.05 bits per heavy atom. The average molecular weight is 502 g/mol. The number of aryl methyl sites for hydroxylation is 1. The highest BCUT2D eigenvalue weighted by atomic mass is 16.5. The second kappa shape index (κ2) is 11.3. The van der Waals surface area contributed by atoms with Gasteiger partial charge >= 0.3 is 5.97 Å². The van der Waals surface area contributed by atoms with E-state index in [0.717, 1.165) is 60.9 Å². The van der Waals surface area contributed by atoms with Crippen molar-refractivity contribution in [2.75, 3.05) is 19.7 Å². The van der Waals surface area contributed by atoms with Crippen LogP contribution in [0.15, 0.2) is 54.6 Å². The number of carbonyl (C=O) groups excluding carboxylic acids is 2. The number of hydrogen-bond donors (Lipinski definition) is 1. The van der Waals surface area contributed by atoms with Crippen LogP contribution in [0.1, 0.15) is 54.2 Å². The highest BCUT2D eigenvalue weighted by Crippen LogP contribution is 2.32. The van der Waals surface area contributed by atoms with Crippen LogP contribution in [0, 0.1) is 12.8 Å². The van der Waals surface area contributed by atoms with E-state index in [0.29, 0.717) is 24.5 Å². The summed E-state index contributed by atoms with van der Waals surface area (Å²) >= 11 is 0. The fraction of sp³-hybridized carbons (Fsp3) is 0.433. The normalized spacial score (nSPS) is 21.7. The molecule has 1 aliphatic heterocycles. The summed E-state index contributed by atoms with van der Waals surface area (Å²) < 4.78 is 11.4. The van der Waals surface area contributed by atoms with E-state index in [1.807, 2.05) is 50.2 Å². The van der Waals surface area contributed by atoms with Crippen molar-refractivity contribution < 1.29 is 19.1 Å². The van der Waals surface area contributed by atoms with Gasteiger partial charge < -0.3 is 14.8 Å². The first-order chi connectivity index (χ1) is 18.0. The van der Waals surface area contributed by atoms with E-state index < -0.39 is 0 Å². The van der Waals surface area contributed by atoms with Crippen LogP contribution < -0.4 is 10.1 Å². The molecule has 3 aromatic rings. The molecule has 2 fully saturated rings. The van der Waals surface area contributed by atoms with Crippen molar-refractivity contribution in [3.05, 3.63) is 71.4 Å². The second-order valence-electron chi connectivity index (χ2n) is 10.00. The first-order valence-corrected chi connectivity index (χ1v) is 13.3. The number of pyridine rings is 1. The lowest BCUT2D eigenvalue weighted by molar-refractivity contribution is -0.151. The minimum atomic E-state index is -0.315. The molecule has 1 aromatic heterocycles. The van der Waals surface area contributed by atoms with Gasteiger partial charge in [-0.25, -0.2) is 0 Å². The Labute approximate surface area is 218 Å². The topological polar surface area (TPSA) is 80.8 Å². The van der Waals surface area contributed by atoms with Gasteiger partial charge in [0.1, 0.15) is 12.4 Å². The van der Waals surface area contributed by atoms with Crippen LogP contribution >= 0.6 is 0 Å². The Hall–Kier alpha value is -3.45. The maximum Gasteiger partial charge on any atom is 0.311 e. The summed E-state index contributed by atoms with van der Waals surface area (Å²) in [6.45, 7) is 6.60. The molecule has 0 bridgehead atoms. The lowest BCUT2D eigenvalue weighted by Crippen LogP contribution is -2.61. The highest BCUT2D eigenvalue weighted by molar-refractivity contribution is 5.95. The first kappa shape index (κ1) is 25.2. The number of esters is 1. The van der Waals surface area contributed by atoms with E-state index in [-0.39, 0.29) is 29.9 Å². The number of hydrogen-bond acceptors (Lipinski definition) is 6. The molecule has 1 saturated carbocycles. The fourth-order valence-electron chi connectivity index (χ4n) is 5.58. The van der Waals surface area contributed by atoms with Crippen molar-refractivity contribution >= 4 is 22.8 Å². The fourth-order valence-corrected chi connectivity index (χ4v) is 5.58. The first-order valence-electron chi connectivity index (χ1n) is 13.3. The third kappa shape index (κ3) is 5.62. The molecular weight excluding hydrogens is 466 g/mol. The predicted molar refractivity (Wildman–Crippen MR) is 142 cm³/mol. The quantitative estimate of drug-likeness (QED) is 0.452. The second-order valence-corrected chi connectivity index (χ2v) is 10.00. The van der Waals surface area contributed by atoms with Crippen molar-refractivity contribution in [2.45, 2.75) is 58.2 Å². The van der Waals surface area contributed by atoms with Crippen molar-refractivity contribution in [3.63, 3.8) is 0 Å². The maximum atomic E-state index is 13.3. The van der Waals surface area contributed by atoms with Gasteiger partial charge in [-0.3, -0.25) is 19.5 Å². The summed E-state index contributed by atoms with van der Waals surface area (Å²) in [7, 11) is 0. The van der Waals surface area contributed by atoms with E-state index >= 15 is 0 Å². The SMILES string of the molecule is CCOC(=O)C1CCCC(N2CCC2)C1NC(=O)c1ccc(OCc2cc(C)nc3ccccc23)cc1. The highest BCUT2D eigenvalue weighted by Gasteiger charge is 2.43. The zero-order valence-corrected chi connectivity index (χ0v) is 21.6. The third-order valence-electron chi connectivity index (χ3n) is 7.55. The molecule has 2 heterocycles. The summed E-state index contributed by atoms with van der Waals surface area (Å²) in [5, 5.41) is 4.27. The van der Waals surface area contributed by atoms with Gasteiger partial charge in [-0.2, -0.15) is 0 Å². The van der Waals surface area contributed by atoms with Crippen LogP contribution in [0.2, 0.25) is 0 Å². The van der Waals surface area contributed by atoms with Gasteiger partial charge in [0.15, 0.2) is 0 Å².